The molecule has 0 saturated carbocycles. The quantitative estimate of drug-likeness (QED) is 0.205. The van der Waals surface area contributed by atoms with Gasteiger partial charge in [0, 0.05) is 13.0 Å². The molecule has 208 valence electrons. The molecule has 2 aromatic carbocycles. The maximum Gasteiger partial charge on any atom is 0.305 e. The van der Waals surface area contributed by atoms with Crippen molar-refractivity contribution in [3.8, 4) is 5.75 Å². The van der Waals surface area contributed by atoms with Gasteiger partial charge in [0.2, 0.25) is 23.6 Å². The van der Waals surface area contributed by atoms with Gasteiger partial charge in [-0.2, -0.15) is 0 Å². The molecule has 0 aromatic heterocycles. The van der Waals surface area contributed by atoms with Gasteiger partial charge in [0.1, 0.15) is 23.9 Å². The molecule has 12 heteroatoms. The third-order valence-corrected chi connectivity index (χ3v) is 6.50. The van der Waals surface area contributed by atoms with E-state index in [0.29, 0.717) is 24.9 Å². The van der Waals surface area contributed by atoms with Gasteiger partial charge in [-0.3, -0.25) is 24.0 Å². The maximum atomic E-state index is 13.3. The Morgan fingerprint density at radius 2 is 1.56 bits per heavy atom. The first kappa shape index (κ1) is 29.1. The van der Waals surface area contributed by atoms with Crippen molar-refractivity contribution in [2.24, 2.45) is 11.5 Å². The fraction of sp³-hybridized carbons (Fsp3) is 0.370. The SMILES string of the molecule is NC(=O)[C@H](CC(=O)O)NC(=O)[C@H](Cc1ccccc1)NC(=O)[C@@H]1CCCN1C(=O)[C@@H](N)Cc1ccc(O)cc1. The number of rotatable bonds is 12. The lowest BCUT2D eigenvalue weighted by Crippen LogP contribution is -2.58. The van der Waals surface area contributed by atoms with E-state index in [1.807, 2.05) is 0 Å². The number of nitrogens with one attached hydrogen (secondary N) is 2. The highest BCUT2D eigenvalue weighted by Crippen LogP contribution is 2.20. The minimum Gasteiger partial charge on any atom is -0.508 e. The zero-order valence-electron chi connectivity index (χ0n) is 21.3. The van der Waals surface area contributed by atoms with Crippen LogP contribution in [0.5, 0.6) is 5.75 Å². The Balaban J connectivity index is 1.73. The largest absolute Gasteiger partial charge is 0.508 e. The molecule has 0 aliphatic carbocycles. The summed E-state index contributed by atoms with van der Waals surface area (Å²) in [5.41, 5.74) is 12.9. The first-order valence-electron chi connectivity index (χ1n) is 12.5. The lowest BCUT2D eigenvalue weighted by molar-refractivity contribution is -0.141. The Morgan fingerprint density at radius 3 is 2.18 bits per heavy atom. The van der Waals surface area contributed by atoms with Crippen LogP contribution in [0, 0.1) is 0 Å². The van der Waals surface area contributed by atoms with Crippen LogP contribution in [0.2, 0.25) is 0 Å². The van der Waals surface area contributed by atoms with Gasteiger partial charge in [-0.05, 0) is 42.5 Å². The molecule has 0 radical (unpaired) electrons. The van der Waals surface area contributed by atoms with Gasteiger partial charge < -0.3 is 37.2 Å². The maximum absolute atomic E-state index is 13.3. The number of carbonyl (C=O) groups is 5. The highest BCUT2D eigenvalue weighted by atomic mass is 16.4. The van der Waals surface area contributed by atoms with Crippen LogP contribution in [0.1, 0.15) is 30.4 Å². The van der Waals surface area contributed by atoms with Crippen molar-refractivity contribution in [1.29, 1.82) is 0 Å². The zero-order valence-corrected chi connectivity index (χ0v) is 21.3. The third kappa shape index (κ3) is 8.27. The number of carbonyl (C=O) groups excluding carboxylic acids is 4. The molecule has 4 atom stereocenters. The first-order chi connectivity index (χ1) is 18.5. The minimum absolute atomic E-state index is 0.0536. The number of primary amides is 1. The predicted octanol–water partition coefficient (Wildman–Crippen LogP) is -0.575. The standard InChI is InChI=1S/C27H33N5O7/c28-19(13-17-8-10-18(33)11-9-17)27(39)32-12-4-7-22(32)26(38)31-21(14-16-5-2-1-3-6-16)25(37)30-20(24(29)36)15-23(34)35/h1-3,5-6,8-11,19-22,33H,4,7,12-15,28H2,(H2,29,36)(H,30,37)(H,31,38)(H,34,35)/t19-,20-,21-,22-/m0/s1. The number of hydrogen-bond acceptors (Lipinski definition) is 7. The molecule has 39 heavy (non-hydrogen) atoms. The van der Waals surface area contributed by atoms with Crippen LogP contribution in [0.25, 0.3) is 0 Å². The number of benzene rings is 2. The second kappa shape index (κ2) is 13.4. The van der Waals surface area contributed by atoms with Crippen LogP contribution in [0.15, 0.2) is 54.6 Å². The van der Waals surface area contributed by atoms with Crippen molar-refractivity contribution in [1.82, 2.24) is 15.5 Å². The average Bonchev–Trinajstić information content (AvgIpc) is 3.39. The van der Waals surface area contributed by atoms with Crippen LogP contribution in [0.4, 0.5) is 0 Å². The van der Waals surface area contributed by atoms with Crippen molar-refractivity contribution in [3.05, 3.63) is 65.7 Å². The van der Waals surface area contributed by atoms with Gasteiger partial charge in [0.05, 0.1) is 12.5 Å². The summed E-state index contributed by atoms with van der Waals surface area (Å²) in [5, 5.41) is 23.5. The summed E-state index contributed by atoms with van der Waals surface area (Å²) < 4.78 is 0. The Kier molecular flexibility index (Phi) is 9.98. The molecule has 0 unspecified atom stereocenters. The van der Waals surface area contributed by atoms with Gasteiger partial charge in [-0.25, -0.2) is 0 Å². The topological polar surface area (TPSA) is 205 Å². The molecule has 1 saturated heterocycles. The van der Waals surface area contributed by atoms with E-state index in [1.54, 1.807) is 42.5 Å². The number of amides is 4. The molecule has 3 rings (SSSR count). The molecule has 1 fully saturated rings. The third-order valence-electron chi connectivity index (χ3n) is 6.50. The van der Waals surface area contributed by atoms with Crippen LogP contribution >= 0.6 is 0 Å². The molecule has 0 spiro atoms. The second-order valence-corrected chi connectivity index (χ2v) is 9.48. The predicted molar refractivity (Wildman–Crippen MR) is 140 cm³/mol. The second-order valence-electron chi connectivity index (χ2n) is 9.48. The van der Waals surface area contributed by atoms with Crippen LogP contribution < -0.4 is 22.1 Å². The van der Waals surface area contributed by atoms with E-state index in [-0.39, 0.29) is 18.6 Å². The molecular formula is C27H33N5O7. The lowest BCUT2D eigenvalue weighted by Gasteiger charge is -2.29. The summed E-state index contributed by atoms with van der Waals surface area (Å²) in [7, 11) is 0. The molecule has 8 N–H and O–H groups in total. The van der Waals surface area contributed by atoms with E-state index >= 15 is 0 Å². The van der Waals surface area contributed by atoms with Crippen molar-refractivity contribution in [3.63, 3.8) is 0 Å². The summed E-state index contributed by atoms with van der Waals surface area (Å²) in [5.74, 6) is -4.02. The van der Waals surface area contributed by atoms with E-state index in [2.05, 4.69) is 10.6 Å². The van der Waals surface area contributed by atoms with Gasteiger partial charge >= 0.3 is 5.97 Å². The lowest BCUT2D eigenvalue weighted by atomic mass is 10.0. The van der Waals surface area contributed by atoms with Crippen LogP contribution in [0.3, 0.4) is 0 Å². The summed E-state index contributed by atoms with van der Waals surface area (Å²) in [6.45, 7) is 0.318. The van der Waals surface area contributed by atoms with E-state index in [0.717, 1.165) is 5.56 Å². The van der Waals surface area contributed by atoms with Crippen molar-refractivity contribution >= 4 is 29.6 Å². The van der Waals surface area contributed by atoms with Crippen LogP contribution in [-0.2, 0) is 36.8 Å². The number of phenolic OH excluding ortho intramolecular Hbond substituents is 1. The van der Waals surface area contributed by atoms with E-state index < -0.39 is 60.2 Å². The molecule has 4 amide bonds. The summed E-state index contributed by atoms with van der Waals surface area (Å²) >= 11 is 0. The summed E-state index contributed by atoms with van der Waals surface area (Å²) in [6, 6.07) is 10.7. The average molecular weight is 540 g/mol. The van der Waals surface area contributed by atoms with E-state index in [9.17, 15) is 29.1 Å². The summed E-state index contributed by atoms with van der Waals surface area (Å²) in [4.78, 5) is 63.8. The number of nitrogens with zero attached hydrogens (tertiary/aromatic N) is 1. The number of hydrogen-bond donors (Lipinski definition) is 6. The molecule has 1 heterocycles. The number of carboxylic acids is 1. The monoisotopic (exact) mass is 539 g/mol. The zero-order chi connectivity index (χ0) is 28.5. The Bertz CT molecular complexity index is 1190. The Hall–Kier alpha value is -4.45. The molecule has 0 bridgehead atoms. The first-order valence-corrected chi connectivity index (χ1v) is 12.5. The number of aromatic hydroxyl groups is 1. The fourth-order valence-electron chi connectivity index (χ4n) is 4.49. The number of carboxylic acid groups (broad SMARTS) is 1. The normalized spacial score (nSPS) is 17.1. The van der Waals surface area contributed by atoms with Crippen molar-refractivity contribution in [2.75, 3.05) is 6.54 Å². The number of likely N-dealkylation sites (tertiary alicyclic amines) is 1. The molecule has 2 aromatic rings. The molecule has 12 nitrogen and oxygen atoms in total. The highest BCUT2D eigenvalue weighted by Gasteiger charge is 2.38. The van der Waals surface area contributed by atoms with Gasteiger partial charge in [-0.1, -0.05) is 42.5 Å². The Morgan fingerprint density at radius 1 is 0.923 bits per heavy atom. The number of aliphatic carboxylic acids is 1. The fourth-order valence-corrected chi connectivity index (χ4v) is 4.49. The highest BCUT2D eigenvalue weighted by molar-refractivity contribution is 5.95. The number of phenols is 1. The van der Waals surface area contributed by atoms with Crippen molar-refractivity contribution < 1.29 is 34.2 Å². The minimum atomic E-state index is -1.47. The molecule has 1 aliphatic rings. The van der Waals surface area contributed by atoms with Crippen molar-refractivity contribution in [2.45, 2.75) is 56.3 Å². The Labute approximate surface area is 225 Å². The van der Waals surface area contributed by atoms with Crippen LogP contribution in [-0.4, -0.2) is 75.4 Å². The van der Waals surface area contributed by atoms with E-state index in [4.69, 9.17) is 16.6 Å². The summed E-state index contributed by atoms with van der Waals surface area (Å²) in [6.07, 6.45) is 0.482. The van der Waals surface area contributed by atoms with Gasteiger partial charge in [-0.15, -0.1) is 0 Å². The molecule has 1 aliphatic heterocycles. The smallest absolute Gasteiger partial charge is 0.305 e. The van der Waals surface area contributed by atoms with Gasteiger partial charge in [0.25, 0.3) is 0 Å². The van der Waals surface area contributed by atoms with Gasteiger partial charge in [0.15, 0.2) is 0 Å². The number of nitrogens with two attached hydrogens (primary N) is 2. The van der Waals surface area contributed by atoms with E-state index in [1.165, 1.54) is 17.0 Å². The molecular weight excluding hydrogens is 506 g/mol.